The van der Waals surface area contributed by atoms with Gasteiger partial charge in [-0.25, -0.2) is 0 Å². The molecule has 0 radical (unpaired) electrons. The summed E-state index contributed by atoms with van der Waals surface area (Å²) in [5, 5.41) is 5.53. The minimum Gasteiger partial charge on any atom is -0.377 e. The highest BCUT2D eigenvalue weighted by atomic mass is 16.5. The summed E-state index contributed by atoms with van der Waals surface area (Å²) in [5.41, 5.74) is 0. The van der Waals surface area contributed by atoms with E-state index in [1.54, 1.807) is 19.0 Å². The molecule has 0 aromatic carbocycles. The molecular weight excluding hydrogens is 222 g/mol. The summed E-state index contributed by atoms with van der Waals surface area (Å²) < 4.78 is 5.25. The molecule has 1 rings (SSSR count). The first-order chi connectivity index (χ1) is 8.11. The number of carbonyl (C=O) groups is 2. The number of rotatable bonds is 4. The molecule has 1 heterocycles. The van der Waals surface area contributed by atoms with E-state index in [2.05, 4.69) is 10.6 Å². The van der Waals surface area contributed by atoms with E-state index in [0.29, 0.717) is 19.7 Å². The van der Waals surface area contributed by atoms with Crippen molar-refractivity contribution in [2.45, 2.75) is 13.0 Å². The van der Waals surface area contributed by atoms with Gasteiger partial charge in [-0.2, -0.15) is 0 Å². The Balaban J connectivity index is 2.70. The first kappa shape index (κ1) is 13.9. The van der Waals surface area contributed by atoms with E-state index < -0.39 is 6.04 Å². The van der Waals surface area contributed by atoms with Gasteiger partial charge in [-0.3, -0.25) is 9.59 Å². The SMILES string of the molecule is CNCC(C)C(=O)N1CCOCC1C(=O)NC. The number of likely N-dealkylation sites (N-methyl/N-ethyl adjacent to an activating group) is 1. The minimum absolute atomic E-state index is 0.00347. The fraction of sp³-hybridized carbons (Fsp3) is 0.818. The van der Waals surface area contributed by atoms with Gasteiger partial charge in [0, 0.05) is 26.1 Å². The maximum Gasteiger partial charge on any atom is 0.244 e. The standard InChI is InChI=1S/C11H21N3O3/c1-8(6-12-2)11(16)14-4-5-17-7-9(14)10(15)13-3/h8-9,12H,4-7H2,1-3H3,(H,13,15). The van der Waals surface area contributed by atoms with Crippen LogP contribution in [0.15, 0.2) is 0 Å². The van der Waals surface area contributed by atoms with Gasteiger partial charge in [-0.15, -0.1) is 0 Å². The van der Waals surface area contributed by atoms with Gasteiger partial charge in [-0.1, -0.05) is 6.92 Å². The Morgan fingerprint density at radius 1 is 1.47 bits per heavy atom. The molecule has 98 valence electrons. The second kappa shape index (κ2) is 6.56. The fourth-order valence-corrected chi connectivity index (χ4v) is 1.93. The summed E-state index contributed by atoms with van der Waals surface area (Å²) in [6.45, 7) is 3.71. The van der Waals surface area contributed by atoms with Crippen LogP contribution in [-0.2, 0) is 14.3 Å². The van der Waals surface area contributed by atoms with Crippen LogP contribution < -0.4 is 10.6 Å². The summed E-state index contributed by atoms with van der Waals surface area (Å²) in [4.78, 5) is 25.4. The topological polar surface area (TPSA) is 70.7 Å². The number of nitrogens with one attached hydrogen (secondary N) is 2. The number of nitrogens with zero attached hydrogens (tertiary/aromatic N) is 1. The highest BCUT2D eigenvalue weighted by molar-refractivity contribution is 5.88. The number of amides is 2. The van der Waals surface area contributed by atoms with Gasteiger partial charge < -0.3 is 20.3 Å². The highest BCUT2D eigenvalue weighted by Crippen LogP contribution is 2.11. The maximum absolute atomic E-state index is 12.2. The van der Waals surface area contributed by atoms with Crippen molar-refractivity contribution in [3.63, 3.8) is 0 Å². The zero-order valence-electron chi connectivity index (χ0n) is 10.7. The van der Waals surface area contributed by atoms with E-state index in [-0.39, 0.29) is 24.3 Å². The van der Waals surface area contributed by atoms with Crippen molar-refractivity contribution in [1.29, 1.82) is 0 Å². The molecule has 2 amide bonds. The lowest BCUT2D eigenvalue weighted by atomic mass is 10.1. The van der Waals surface area contributed by atoms with Crippen LogP contribution in [0.25, 0.3) is 0 Å². The summed E-state index contributed by atoms with van der Waals surface area (Å²) >= 11 is 0. The molecule has 1 aliphatic heterocycles. The number of ether oxygens (including phenoxy) is 1. The lowest BCUT2D eigenvalue weighted by Gasteiger charge is -2.35. The van der Waals surface area contributed by atoms with Gasteiger partial charge in [0.1, 0.15) is 6.04 Å². The molecule has 0 aromatic rings. The second-order valence-corrected chi connectivity index (χ2v) is 4.20. The molecule has 2 atom stereocenters. The van der Waals surface area contributed by atoms with E-state index in [1.807, 2.05) is 6.92 Å². The van der Waals surface area contributed by atoms with Crippen molar-refractivity contribution in [3.05, 3.63) is 0 Å². The predicted octanol–water partition coefficient (Wildman–Crippen LogP) is -1.18. The normalized spacial score (nSPS) is 22.1. The quantitative estimate of drug-likeness (QED) is 0.652. The third-order valence-electron chi connectivity index (χ3n) is 2.89. The van der Waals surface area contributed by atoms with Crippen LogP contribution in [0.3, 0.4) is 0 Å². The average Bonchev–Trinajstić information content (AvgIpc) is 2.37. The number of morpholine rings is 1. The molecule has 2 N–H and O–H groups in total. The molecule has 0 spiro atoms. The molecule has 6 heteroatoms. The molecule has 1 aliphatic rings. The molecule has 0 bridgehead atoms. The Morgan fingerprint density at radius 2 is 2.18 bits per heavy atom. The summed E-state index contributed by atoms with van der Waals surface area (Å²) in [6, 6.07) is -0.499. The van der Waals surface area contributed by atoms with E-state index in [0.717, 1.165) is 0 Å². The Labute approximate surface area is 102 Å². The first-order valence-corrected chi connectivity index (χ1v) is 5.86. The highest BCUT2D eigenvalue weighted by Gasteiger charge is 2.33. The Kier molecular flexibility index (Phi) is 5.37. The fourth-order valence-electron chi connectivity index (χ4n) is 1.93. The Morgan fingerprint density at radius 3 is 2.76 bits per heavy atom. The van der Waals surface area contributed by atoms with Crippen molar-refractivity contribution in [2.24, 2.45) is 5.92 Å². The van der Waals surface area contributed by atoms with Gasteiger partial charge in [0.05, 0.1) is 13.2 Å². The first-order valence-electron chi connectivity index (χ1n) is 5.86. The van der Waals surface area contributed by atoms with Crippen LogP contribution in [0.1, 0.15) is 6.92 Å². The predicted molar refractivity (Wildman–Crippen MR) is 63.5 cm³/mol. The smallest absolute Gasteiger partial charge is 0.244 e. The third kappa shape index (κ3) is 3.41. The number of hydrogen-bond donors (Lipinski definition) is 2. The molecular formula is C11H21N3O3. The van der Waals surface area contributed by atoms with Gasteiger partial charge in [0.15, 0.2) is 0 Å². The lowest BCUT2D eigenvalue weighted by Crippen LogP contribution is -2.57. The van der Waals surface area contributed by atoms with Gasteiger partial charge >= 0.3 is 0 Å². The van der Waals surface area contributed by atoms with E-state index in [4.69, 9.17) is 4.74 Å². The Bertz CT molecular complexity index is 283. The van der Waals surface area contributed by atoms with Gasteiger partial charge in [0.2, 0.25) is 11.8 Å². The van der Waals surface area contributed by atoms with Crippen LogP contribution in [0, 0.1) is 5.92 Å². The zero-order valence-corrected chi connectivity index (χ0v) is 10.7. The zero-order chi connectivity index (χ0) is 12.8. The number of carbonyl (C=O) groups excluding carboxylic acids is 2. The van der Waals surface area contributed by atoms with Crippen molar-refractivity contribution >= 4 is 11.8 Å². The van der Waals surface area contributed by atoms with Crippen LogP contribution in [0.5, 0.6) is 0 Å². The van der Waals surface area contributed by atoms with E-state index in [1.165, 1.54) is 0 Å². The van der Waals surface area contributed by atoms with E-state index in [9.17, 15) is 9.59 Å². The molecule has 0 saturated carbocycles. The maximum atomic E-state index is 12.2. The van der Waals surface area contributed by atoms with Crippen molar-refractivity contribution < 1.29 is 14.3 Å². The van der Waals surface area contributed by atoms with Crippen LogP contribution >= 0.6 is 0 Å². The van der Waals surface area contributed by atoms with Crippen molar-refractivity contribution in [1.82, 2.24) is 15.5 Å². The minimum atomic E-state index is -0.499. The molecule has 6 nitrogen and oxygen atoms in total. The van der Waals surface area contributed by atoms with Gasteiger partial charge in [-0.05, 0) is 7.05 Å². The average molecular weight is 243 g/mol. The molecule has 1 fully saturated rings. The third-order valence-corrected chi connectivity index (χ3v) is 2.89. The van der Waals surface area contributed by atoms with Crippen LogP contribution in [0.4, 0.5) is 0 Å². The molecule has 17 heavy (non-hydrogen) atoms. The van der Waals surface area contributed by atoms with Crippen molar-refractivity contribution in [2.75, 3.05) is 40.4 Å². The molecule has 0 aromatic heterocycles. The van der Waals surface area contributed by atoms with Crippen molar-refractivity contribution in [3.8, 4) is 0 Å². The second-order valence-electron chi connectivity index (χ2n) is 4.20. The van der Waals surface area contributed by atoms with E-state index >= 15 is 0 Å². The summed E-state index contributed by atoms with van der Waals surface area (Å²) in [7, 11) is 3.37. The van der Waals surface area contributed by atoms with Crippen LogP contribution in [-0.4, -0.2) is 63.2 Å². The Hall–Kier alpha value is -1.14. The monoisotopic (exact) mass is 243 g/mol. The summed E-state index contributed by atoms with van der Waals surface area (Å²) in [6.07, 6.45) is 0. The molecule has 1 saturated heterocycles. The largest absolute Gasteiger partial charge is 0.377 e. The lowest BCUT2D eigenvalue weighted by molar-refractivity contribution is -0.150. The van der Waals surface area contributed by atoms with Gasteiger partial charge in [0.25, 0.3) is 0 Å². The van der Waals surface area contributed by atoms with Crippen LogP contribution in [0.2, 0.25) is 0 Å². The summed E-state index contributed by atoms with van der Waals surface area (Å²) in [5.74, 6) is -0.309. The molecule has 2 unspecified atom stereocenters. The molecule has 0 aliphatic carbocycles. The number of hydrogen-bond acceptors (Lipinski definition) is 4.